The van der Waals surface area contributed by atoms with Crippen molar-refractivity contribution in [1.82, 2.24) is 19.9 Å². The highest BCUT2D eigenvalue weighted by atomic mass is 16.1. The Kier molecular flexibility index (Phi) is 3.57. The van der Waals surface area contributed by atoms with E-state index in [0.717, 1.165) is 18.5 Å². The molecule has 18 heavy (non-hydrogen) atoms. The highest BCUT2D eigenvalue weighted by Crippen LogP contribution is 2.11. The molecule has 2 rings (SSSR count). The van der Waals surface area contributed by atoms with Gasteiger partial charge in [0.05, 0.1) is 0 Å². The van der Waals surface area contributed by atoms with Crippen LogP contribution >= 0.6 is 0 Å². The second-order valence-electron chi connectivity index (χ2n) is 3.69. The predicted octanol–water partition coefficient (Wildman–Crippen LogP) is 1.69. The van der Waals surface area contributed by atoms with E-state index in [0.29, 0.717) is 23.2 Å². The van der Waals surface area contributed by atoms with Gasteiger partial charge in [-0.3, -0.25) is 4.79 Å². The third-order valence-electron chi connectivity index (χ3n) is 2.27. The normalized spacial score (nSPS) is 10.1. The number of anilines is 2. The van der Waals surface area contributed by atoms with Crippen LogP contribution in [-0.4, -0.2) is 26.2 Å². The second kappa shape index (κ2) is 5.31. The van der Waals surface area contributed by atoms with Crippen LogP contribution in [0.2, 0.25) is 0 Å². The van der Waals surface area contributed by atoms with Crippen molar-refractivity contribution in [2.24, 2.45) is 0 Å². The number of pyridine rings is 1. The fourth-order valence-corrected chi connectivity index (χ4v) is 1.45. The molecule has 6 nitrogen and oxygen atoms in total. The van der Waals surface area contributed by atoms with Crippen molar-refractivity contribution in [3.05, 3.63) is 35.5 Å². The third-order valence-corrected chi connectivity index (χ3v) is 2.27. The monoisotopic (exact) mass is 243 g/mol. The van der Waals surface area contributed by atoms with Crippen molar-refractivity contribution in [2.75, 3.05) is 5.32 Å². The maximum absolute atomic E-state index is 10.7. The summed E-state index contributed by atoms with van der Waals surface area (Å²) in [7, 11) is 0. The first-order chi connectivity index (χ1) is 8.71. The molecule has 0 bridgehead atoms. The van der Waals surface area contributed by atoms with Crippen LogP contribution in [0, 0.1) is 6.92 Å². The van der Waals surface area contributed by atoms with Gasteiger partial charge in [0.1, 0.15) is 23.8 Å². The molecule has 1 N–H and O–H groups in total. The van der Waals surface area contributed by atoms with Crippen molar-refractivity contribution >= 4 is 18.1 Å². The zero-order valence-corrected chi connectivity index (χ0v) is 10.2. The van der Waals surface area contributed by atoms with E-state index >= 15 is 0 Å². The van der Waals surface area contributed by atoms with Gasteiger partial charge in [-0.25, -0.2) is 9.97 Å². The van der Waals surface area contributed by atoms with E-state index in [2.05, 4.69) is 25.3 Å². The van der Waals surface area contributed by atoms with Crippen LogP contribution < -0.4 is 5.32 Å². The number of aldehydes is 1. The second-order valence-corrected chi connectivity index (χ2v) is 3.69. The molecule has 0 saturated carbocycles. The van der Waals surface area contributed by atoms with Crippen molar-refractivity contribution in [3.8, 4) is 0 Å². The highest BCUT2D eigenvalue weighted by molar-refractivity contribution is 5.76. The molecule has 0 fully saturated rings. The molecule has 0 saturated heterocycles. The van der Waals surface area contributed by atoms with Gasteiger partial charge in [-0.1, -0.05) is 6.92 Å². The Balaban J connectivity index is 2.27. The van der Waals surface area contributed by atoms with E-state index in [1.54, 1.807) is 25.3 Å². The molecule has 0 aliphatic heterocycles. The van der Waals surface area contributed by atoms with Crippen LogP contribution in [0.1, 0.15) is 28.9 Å². The molecule has 6 heteroatoms. The number of carbonyl (C=O) groups is 1. The Morgan fingerprint density at radius 2 is 2.17 bits per heavy atom. The quantitative estimate of drug-likeness (QED) is 0.823. The minimum atomic E-state index is 0.440. The smallest absolute Gasteiger partial charge is 0.231 e. The topological polar surface area (TPSA) is 80.7 Å². The first kappa shape index (κ1) is 12.1. The summed E-state index contributed by atoms with van der Waals surface area (Å²) in [6.45, 7) is 3.78. The first-order valence-electron chi connectivity index (χ1n) is 5.61. The zero-order valence-electron chi connectivity index (χ0n) is 10.2. The number of aromatic nitrogens is 4. The molecule has 2 heterocycles. The van der Waals surface area contributed by atoms with Gasteiger partial charge in [0.2, 0.25) is 5.95 Å². The summed E-state index contributed by atoms with van der Waals surface area (Å²) in [4.78, 5) is 27.4. The third kappa shape index (κ3) is 2.85. The number of carbonyl (C=O) groups excluding carboxylic acids is 1. The fraction of sp³-hybridized carbons (Fsp3) is 0.250. The van der Waals surface area contributed by atoms with Crippen LogP contribution in [0.15, 0.2) is 18.3 Å². The Morgan fingerprint density at radius 3 is 2.89 bits per heavy atom. The first-order valence-corrected chi connectivity index (χ1v) is 5.61. The SMILES string of the molecule is CCc1nc(C)nc(Nc2cc(C=O)ccn2)n1. The lowest BCUT2D eigenvalue weighted by Gasteiger charge is -2.06. The molecule has 0 unspecified atom stereocenters. The number of rotatable bonds is 4. The number of hydrogen-bond acceptors (Lipinski definition) is 6. The average Bonchev–Trinajstić information content (AvgIpc) is 2.38. The molecular formula is C12H13N5O. The summed E-state index contributed by atoms with van der Waals surface area (Å²) in [6.07, 6.45) is 3.06. The molecule has 0 aromatic carbocycles. The Labute approximate surface area is 105 Å². The van der Waals surface area contributed by atoms with Gasteiger partial charge in [-0.05, 0) is 19.1 Å². The number of hydrogen-bond donors (Lipinski definition) is 1. The summed E-state index contributed by atoms with van der Waals surface area (Å²) >= 11 is 0. The van der Waals surface area contributed by atoms with Crippen LogP contribution in [0.3, 0.4) is 0 Å². The summed E-state index contributed by atoms with van der Waals surface area (Å²) in [5.74, 6) is 2.34. The van der Waals surface area contributed by atoms with E-state index in [9.17, 15) is 4.79 Å². The summed E-state index contributed by atoms with van der Waals surface area (Å²) < 4.78 is 0. The van der Waals surface area contributed by atoms with E-state index in [-0.39, 0.29) is 0 Å². The summed E-state index contributed by atoms with van der Waals surface area (Å²) in [5, 5.41) is 2.96. The molecule has 0 amide bonds. The minimum absolute atomic E-state index is 0.440. The number of nitrogens with zero attached hydrogens (tertiary/aromatic N) is 4. The van der Waals surface area contributed by atoms with Crippen molar-refractivity contribution in [1.29, 1.82) is 0 Å². The Hall–Kier alpha value is -2.37. The molecule has 0 radical (unpaired) electrons. The van der Waals surface area contributed by atoms with E-state index in [1.165, 1.54) is 0 Å². The van der Waals surface area contributed by atoms with Gasteiger partial charge in [0.25, 0.3) is 0 Å². The Morgan fingerprint density at radius 1 is 1.33 bits per heavy atom. The van der Waals surface area contributed by atoms with E-state index in [4.69, 9.17) is 0 Å². The number of nitrogens with one attached hydrogen (secondary N) is 1. The molecule has 2 aromatic rings. The van der Waals surface area contributed by atoms with Crippen LogP contribution in [0.25, 0.3) is 0 Å². The summed E-state index contributed by atoms with van der Waals surface area (Å²) in [6, 6.07) is 3.27. The fourth-order valence-electron chi connectivity index (χ4n) is 1.45. The van der Waals surface area contributed by atoms with Gasteiger partial charge in [0.15, 0.2) is 0 Å². The van der Waals surface area contributed by atoms with Gasteiger partial charge in [-0.2, -0.15) is 9.97 Å². The molecule has 92 valence electrons. The lowest BCUT2D eigenvalue weighted by molar-refractivity contribution is 0.112. The lowest BCUT2D eigenvalue weighted by atomic mass is 10.3. The number of aryl methyl sites for hydroxylation is 2. The molecule has 0 aliphatic carbocycles. The lowest BCUT2D eigenvalue weighted by Crippen LogP contribution is -2.05. The van der Waals surface area contributed by atoms with Gasteiger partial charge in [-0.15, -0.1) is 0 Å². The van der Waals surface area contributed by atoms with Gasteiger partial charge < -0.3 is 5.32 Å². The molecule has 0 aliphatic rings. The largest absolute Gasteiger partial charge is 0.309 e. The molecule has 0 atom stereocenters. The standard InChI is InChI=1S/C12H13N5O/c1-3-10-14-8(2)15-12(16-10)17-11-6-9(7-18)4-5-13-11/h4-7H,3H2,1-2H3,(H,13,14,15,16,17). The van der Waals surface area contributed by atoms with Gasteiger partial charge in [0, 0.05) is 18.2 Å². The predicted molar refractivity (Wildman–Crippen MR) is 66.8 cm³/mol. The minimum Gasteiger partial charge on any atom is -0.309 e. The summed E-state index contributed by atoms with van der Waals surface area (Å²) in [5.41, 5.74) is 0.550. The zero-order chi connectivity index (χ0) is 13.0. The van der Waals surface area contributed by atoms with Crippen LogP contribution in [0.5, 0.6) is 0 Å². The maximum Gasteiger partial charge on any atom is 0.231 e. The van der Waals surface area contributed by atoms with E-state index in [1.807, 2.05) is 6.92 Å². The highest BCUT2D eigenvalue weighted by Gasteiger charge is 2.04. The maximum atomic E-state index is 10.7. The van der Waals surface area contributed by atoms with Gasteiger partial charge >= 0.3 is 0 Å². The van der Waals surface area contributed by atoms with Crippen molar-refractivity contribution in [2.45, 2.75) is 20.3 Å². The molecule has 0 spiro atoms. The Bertz CT molecular complexity index is 570. The molecule has 2 aromatic heterocycles. The van der Waals surface area contributed by atoms with Crippen molar-refractivity contribution in [3.63, 3.8) is 0 Å². The van der Waals surface area contributed by atoms with Crippen LogP contribution in [0.4, 0.5) is 11.8 Å². The van der Waals surface area contributed by atoms with Crippen LogP contribution in [-0.2, 0) is 6.42 Å². The van der Waals surface area contributed by atoms with Crippen molar-refractivity contribution < 1.29 is 4.79 Å². The average molecular weight is 243 g/mol. The van der Waals surface area contributed by atoms with E-state index < -0.39 is 0 Å². The molecular weight excluding hydrogens is 230 g/mol.